The third-order valence-corrected chi connectivity index (χ3v) is 6.25. The summed E-state index contributed by atoms with van der Waals surface area (Å²) in [6.45, 7) is 1.75. The number of fused-ring (bicyclic) bond motifs is 1. The Labute approximate surface area is 191 Å². The van der Waals surface area contributed by atoms with Gasteiger partial charge in [0.1, 0.15) is 5.69 Å². The number of aromatic nitrogens is 4. The van der Waals surface area contributed by atoms with Crippen LogP contribution in [0.25, 0.3) is 22.2 Å². The Morgan fingerprint density at radius 2 is 1.65 bits per heavy atom. The highest BCUT2D eigenvalue weighted by atomic mass is 32.2. The van der Waals surface area contributed by atoms with Crippen molar-refractivity contribution >= 4 is 32.7 Å². The van der Waals surface area contributed by atoms with Gasteiger partial charge in [0.05, 0.1) is 23.3 Å². The van der Waals surface area contributed by atoms with Gasteiger partial charge in [-0.3, -0.25) is 4.72 Å². The Balaban J connectivity index is 1.71. The molecule has 0 atom stereocenters. The van der Waals surface area contributed by atoms with Crippen molar-refractivity contribution in [2.24, 2.45) is 0 Å². The average Bonchev–Trinajstić information content (AvgIpc) is 2.78. The SMILES string of the molecule is COc1ncc(-c2cnc3nc(N)nc(C)c3c2)cc1NS(=O)(=O)c1ccc(C(F)(F)F)cc1. The van der Waals surface area contributed by atoms with Crippen molar-refractivity contribution in [1.29, 1.82) is 0 Å². The van der Waals surface area contributed by atoms with Gasteiger partial charge in [0.15, 0.2) is 5.65 Å². The van der Waals surface area contributed by atoms with Crippen LogP contribution < -0.4 is 15.2 Å². The van der Waals surface area contributed by atoms with E-state index in [1.165, 1.54) is 25.6 Å². The first-order valence-electron chi connectivity index (χ1n) is 9.62. The van der Waals surface area contributed by atoms with Crippen LogP contribution in [0.4, 0.5) is 24.8 Å². The molecule has 9 nitrogen and oxygen atoms in total. The number of rotatable bonds is 5. The molecule has 176 valence electrons. The molecular weight excluding hydrogens is 473 g/mol. The molecule has 34 heavy (non-hydrogen) atoms. The van der Waals surface area contributed by atoms with Crippen LogP contribution >= 0.6 is 0 Å². The summed E-state index contributed by atoms with van der Waals surface area (Å²) in [4.78, 5) is 16.3. The van der Waals surface area contributed by atoms with Crippen molar-refractivity contribution < 1.29 is 26.3 Å². The second kappa shape index (κ2) is 8.41. The van der Waals surface area contributed by atoms with Gasteiger partial charge in [0.2, 0.25) is 11.8 Å². The van der Waals surface area contributed by atoms with Crippen molar-refractivity contribution in [3.05, 3.63) is 60.0 Å². The number of anilines is 2. The zero-order valence-corrected chi connectivity index (χ0v) is 18.6. The summed E-state index contributed by atoms with van der Waals surface area (Å²) in [6.07, 6.45) is -1.60. The normalized spacial score (nSPS) is 12.0. The summed E-state index contributed by atoms with van der Waals surface area (Å²) in [6, 6.07) is 6.36. The fourth-order valence-electron chi connectivity index (χ4n) is 3.21. The Hall–Kier alpha value is -4.00. The van der Waals surface area contributed by atoms with Gasteiger partial charge in [-0.1, -0.05) is 0 Å². The van der Waals surface area contributed by atoms with Crippen LogP contribution in [-0.2, 0) is 16.2 Å². The second-order valence-electron chi connectivity index (χ2n) is 7.17. The van der Waals surface area contributed by atoms with E-state index in [0.717, 1.165) is 12.1 Å². The zero-order valence-electron chi connectivity index (χ0n) is 17.8. The molecule has 0 bridgehead atoms. The van der Waals surface area contributed by atoms with Crippen LogP contribution in [0, 0.1) is 6.92 Å². The lowest BCUT2D eigenvalue weighted by molar-refractivity contribution is -0.137. The maximum atomic E-state index is 12.8. The van der Waals surface area contributed by atoms with Gasteiger partial charge in [-0.2, -0.15) is 18.2 Å². The first-order valence-corrected chi connectivity index (χ1v) is 11.1. The van der Waals surface area contributed by atoms with Gasteiger partial charge in [-0.25, -0.2) is 23.4 Å². The predicted molar refractivity (Wildman–Crippen MR) is 119 cm³/mol. The molecule has 0 aliphatic rings. The molecule has 0 aliphatic carbocycles. The molecule has 3 aromatic heterocycles. The number of methoxy groups -OCH3 is 1. The van der Waals surface area contributed by atoms with E-state index < -0.39 is 21.8 Å². The van der Waals surface area contributed by atoms with Gasteiger partial charge in [-0.05, 0) is 43.3 Å². The Morgan fingerprint density at radius 1 is 1.00 bits per heavy atom. The molecule has 4 aromatic rings. The Kier molecular flexibility index (Phi) is 5.73. The number of hydrogen-bond donors (Lipinski definition) is 2. The molecule has 3 N–H and O–H groups in total. The number of nitrogens with two attached hydrogens (primary N) is 1. The predicted octanol–water partition coefficient (Wildman–Crippen LogP) is 3.81. The molecule has 0 spiro atoms. The fraction of sp³-hybridized carbons (Fsp3) is 0.143. The van der Waals surface area contributed by atoms with Gasteiger partial charge < -0.3 is 10.5 Å². The Morgan fingerprint density at radius 3 is 2.29 bits per heavy atom. The van der Waals surface area contributed by atoms with Crippen molar-refractivity contribution in [1.82, 2.24) is 19.9 Å². The molecule has 0 aliphatic heterocycles. The molecule has 4 rings (SSSR count). The van der Waals surface area contributed by atoms with Crippen LogP contribution in [0.3, 0.4) is 0 Å². The minimum absolute atomic E-state index is 0.00901. The summed E-state index contributed by atoms with van der Waals surface area (Å²) >= 11 is 0. The number of hydrogen-bond acceptors (Lipinski definition) is 8. The molecule has 3 heterocycles. The maximum absolute atomic E-state index is 12.8. The molecule has 1 aromatic carbocycles. The van der Waals surface area contributed by atoms with E-state index >= 15 is 0 Å². The molecule has 0 radical (unpaired) electrons. The van der Waals surface area contributed by atoms with E-state index in [1.54, 1.807) is 13.0 Å². The first-order chi connectivity index (χ1) is 16.0. The summed E-state index contributed by atoms with van der Waals surface area (Å²) in [5.74, 6) is 0.0663. The average molecular weight is 490 g/mol. The van der Waals surface area contributed by atoms with E-state index in [9.17, 15) is 21.6 Å². The third kappa shape index (κ3) is 4.55. The third-order valence-electron chi connectivity index (χ3n) is 4.87. The highest BCUT2D eigenvalue weighted by molar-refractivity contribution is 7.92. The summed E-state index contributed by atoms with van der Waals surface area (Å²) < 4.78 is 71.5. The van der Waals surface area contributed by atoms with Crippen molar-refractivity contribution in [2.45, 2.75) is 18.0 Å². The van der Waals surface area contributed by atoms with E-state index in [2.05, 4.69) is 24.7 Å². The van der Waals surface area contributed by atoms with Gasteiger partial charge in [-0.15, -0.1) is 0 Å². The smallest absolute Gasteiger partial charge is 0.416 e. The lowest BCUT2D eigenvalue weighted by Gasteiger charge is -2.13. The number of aryl methyl sites for hydroxylation is 1. The van der Waals surface area contributed by atoms with Crippen molar-refractivity contribution in [3.8, 4) is 17.0 Å². The van der Waals surface area contributed by atoms with E-state index in [1.807, 2.05) is 0 Å². The van der Waals surface area contributed by atoms with Crippen LogP contribution in [-0.4, -0.2) is 35.5 Å². The number of sulfonamides is 1. The largest absolute Gasteiger partial charge is 0.480 e. The lowest BCUT2D eigenvalue weighted by Crippen LogP contribution is -2.15. The molecule has 0 amide bonds. The minimum atomic E-state index is -4.58. The minimum Gasteiger partial charge on any atom is -0.480 e. The molecule has 0 saturated heterocycles. The molecular formula is C21H17F3N6O3S. The number of benzene rings is 1. The fourth-order valence-corrected chi connectivity index (χ4v) is 4.26. The van der Waals surface area contributed by atoms with Gasteiger partial charge in [0, 0.05) is 28.9 Å². The lowest BCUT2D eigenvalue weighted by atomic mass is 10.1. The number of nitrogens with one attached hydrogen (secondary N) is 1. The highest BCUT2D eigenvalue weighted by Crippen LogP contribution is 2.33. The number of nitrogens with zero attached hydrogens (tertiary/aromatic N) is 4. The second-order valence-corrected chi connectivity index (χ2v) is 8.85. The molecule has 13 heteroatoms. The summed E-state index contributed by atoms with van der Waals surface area (Å²) in [5, 5.41) is 0.648. The Bertz CT molecular complexity index is 1490. The van der Waals surface area contributed by atoms with Crippen molar-refractivity contribution in [2.75, 3.05) is 17.6 Å². The number of alkyl halides is 3. The summed E-state index contributed by atoms with van der Waals surface area (Å²) in [5.41, 5.74) is 6.79. The van der Waals surface area contributed by atoms with E-state index in [-0.39, 0.29) is 22.4 Å². The number of ether oxygens (including phenoxy) is 1. The quantitative estimate of drug-likeness (QED) is 0.432. The monoisotopic (exact) mass is 490 g/mol. The number of pyridine rings is 2. The van der Waals surface area contributed by atoms with Gasteiger partial charge in [0.25, 0.3) is 10.0 Å². The van der Waals surface area contributed by atoms with Gasteiger partial charge >= 0.3 is 6.18 Å². The molecule has 0 saturated carbocycles. The van der Waals surface area contributed by atoms with E-state index in [4.69, 9.17) is 10.5 Å². The van der Waals surface area contributed by atoms with Crippen LogP contribution in [0.5, 0.6) is 5.88 Å². The first kappa shape index (κ1) is 23.2. The summed E-state index contributed by atoms with van der Waals surface area (Å²) in [7, 11) is -2.93. The topological polar surface area (TPSA) is 133 Å². The standard InChI is InChI=1S/C21H17F3N6O3S/c1-11-16-7-12(9-26-18(16)29-20(25)28-11)13-8-17(19(33-2)27-10-13)30-34(31,32)15-5-3-14(4-6-15)21(22,23)24/h3-10,30H,1-2H3,(H2,25,26,28,29). The van der Waals surface area contributed by atoms with Crippen molar-refractivity contribution in [3.63, 3.8) is 0 Å². The van der Waals surface area contributed by atoms with Crippen LogP contribution in [0.1, 0.15) is 11.3 Å². The molecule has 0 unspecified atom stereocenters. The number of halogens is 3. The van der Waals surface area contributed by atoms with Crippen LogP contribution in [0.15, 0.2) is 53.7 Å². The number of nitrogen functional groups attached to an aromatic ring is 1. The van der Waals surface area contributed by atoms with E-state index in [0.29, 0.717) is 40.0 Å². The van der Waals surface area contributed by atoms with Crippen LogP contribution in [0.2, 0.25) is 0 Å². The zero-order chi connectivity index (χ0) is 24.7. The highest BCUT2D eigenvalue weighted by Gasteiger charge is 2.30. The molecule has 0 fully saturated rings. The maximum Gasteiger partial charge on any atom is 0.416 e.